The average Bonchev–Trinajstić information content (AvgIpc) is 2.63. The third kappa shape index (κ3) is 6.01. The number of thioether (sulfide) groups is 1. The Hall–Kier alpha value is -0.500. The maximum atomic E-state index is 12.8. The minimum absolute atomic E-state index is 0. The molecule has 0 atom stereocenters. The van der Waals surface area contributed by atoms with Gasteiger partial charge in [-0.2, -0.15) is 11.8 Å². The van der Waals surface area contributed by atoms with E-state index in [9.17, 15) is 4.79 Å². The molecule has 0 unspecified atom stereocenters. The van der Waals surface area contributed by atoms with Crippen molar-refractivity contribution < 1.29 is 9.53 Å². The van der Waals surface area contributed by atoms with Crippen LogP contribution in [-0.2, 0) is 16.1 Å². The largest absolute Gasteiger partial charge is 0.381 e. The monoisotopic (exact) mass is 421 g/mol. The van der Waals surface area contributed by atoms with Gasteiger partial charge in [-0.25, -0.2) is 0 Å². The van der Waals surface area contributed by atoms with Crippen molar-refractivity contribution in [2.24, 2.45) is 11.1 Å². The summed E-state index contributed by atoms with van der Waals surface area (Å²) in [6, 6.07) is 8.19. The number of anilines is 1. The van der Waals surface area contributed by atoms with Gasteiger partial charge in [0.15, 0.2) is 0 Å². The molecular weight excluding hydrogens is 393 g/mol. The van der Waals surface area contributed by atoms with Crippen LogP contribution in [0, 0.1) is 5.41 Å². The molecule has 5 nitrogen and oxygen atoms in total. The Morgan fingerprint density at radius 1 is 1.23 bits per heavy atom. The summed E-state index contributed by atoms with van der Waals surface area (Å²) in [4.78, 5) is 15.2. The highest BCUT2D eigenvalue weighted by Crippen LogP contribution is 2.31. The van der Waals surface area contributed by atoms with E-state index in [1.807, 2.05) is 23.9 Å². The van der Waals surface area contributed by atoms with Crippen LogP contribution in [0.25, 0.3) is 0 Å². The van der Waals surface area contributed by atoms with Crippen LogP contribution in [0.5, 0.6) is 0 Å². The van der Waals surface area contributed by atoms with Crippen LogP contribution < -0.4 is 11.1 Å². The summed E-state index contributed by atoms with van der Waals surface area (Å²) in [7, 11) is 0. The molecule has 26 heavy (non-hydrogen) atoms. The van der Waals surface area contributed by atoms with Crippen molar-refractivity contribution in [1.29, 1.82) is 0 Å². The van der Waals surface area contributed by atoms with E-state index in [2.05, 4.69) is 22.3 Å². The maximum Gasteiger partial charge on any atom is 0.232 e. The number of halogens is 2. The number of nitrogens with zero attached hydrogens (tertiary/aromatic N) is 1. The first kappa shape index (κ1) is 23.5. The van der Waals surface area contributed by atoms with Crippen LogP contribution in [0.1, 0.15) is 18.4 Å². The molecule has 3 N–H and O–H groups in total. The summed E-state index contributed by atoms with van der Waals surface area (Å²) >= 11 is 2.02. The number of benzene rings is 1. The predicted octanol–water partition coefficient (Wildman–Crippen LogP) is 2.77. The number of hydrogen-bond acceptors (Lipinski definition) is 5. The van der Waals surface area contributed by atoms with Gasteiger partial charge in [0.2, 0.25) is 5.91 Å². The quantitative estimate of drug-likeness (QED) is 0.764. The summed E-state index contributed by atoms with van der Waals surface area (Å²) in [5, 5.41) is 3.08. The summed E-state index contributed by atoms with van der Waals surface area (Å²) in [5.41, 5.74) is 7.54. The molecule has 3 rings (SSSR count). The van der Waals surface area contributed by atoms with E-state index in [0.717, 1.165) is 25.3 Å². The lowest BCUT2D eigenvalue weighted by Gasteiger charge is -2.34. The van der Waals surface area contributed by atoms with Crippen LogP contribution in [0.2, 0.25) is 0 Å². The van der Waals surface area contributed by atoms with Gasteiger partial charge in [-0.3, -0.25) is 9.69 Å². The Balaban J connectivity index is 0.00000169. The van der Waals surface area contributed by atoms with Crippen LogP contribution in [0.15, 0.2) is 24.3 Å². The van der Waals surface area contributed by atoms with E-state index in [1.165, 1.54) is 17.1 Å². The molecule has 1 aromatic carbocycles. The molecule has 2 heterocycles. The van der Waals surface area contributed by atoms with Crippen LogP contribution in [-0.4, -0.2) is 55.2 Å². The highest BCUT2D eigenvalue weighted by molar-refractivity contribution is 7.99. The molecule has 2 aliphatic heterocycles. The molecule has 0 bridgehead atoms. The lowest BCUT2D eigenvalue weighted by atomic mass is 9.79. The van der Waals surface area contributed by atoms with Crippen LogP contribution in [0.3, 0.4) is 0 Å². The molecule has 0 aliphatic carbocycles. The highest BCUT2D eigenvalue weighted by atomic mass is 35.5. The molecule has 148 valence electrons. The van der Waals surface area contributed by atoms with Crippen molar-refractivity contribution in [3.8, 4) is 0 Å². The molecule has 0 saturated carbocycles. The highest BCUT2D eigenvalue weighted by Gasteiger charge is 2.38. The summed E-state index contributed by atoms with van der Waals surface area (Å²) in [6.07, 6.45) is 1.39. The molecule has 2 aliphatic rings. The molecule has 1 aromatic rings. The third-order valence-corrected chi connectivity index (χ3v) is 5.96. The number of carbonyl (C=O) groups is 1. The normalized spacial score (nSPS) is 19.7. The SMILES string of the molecule is Cl.Cl.NCC1(C(=O)Nc2cccc(CN3CCSCC3)c2)CCOCC1. The van der Waals surface area contributed by atoms with Crippen LogP contribution >= 0.6 is 36.6 Å². The number of rotatable bonds is 5. The maximum absolute atomic E-state index is 12.8. The fraction of sp³-hybridized carbons (Fsp3) is 0.611. The first-order valence-electron chi connectivity index (χ1n) is 8.70. The molecule has 0 radical (unpaired) electrons. The van der Waals surface area contributed by atoms with Crippen molar-refractivity contribution in [3.05, 3.63) is 29.8 Å². The van der Waals surface area contributed by atoms with Gasteiger partial charge in [-0.05, 0) is 30.5 Å². The molecule has 2 saturated heterocycles. The van der Waals surface area contributed by atoms with Crippen molar-refractivity contribution in [2.75, 3.05) is 49.7 Å². The van der Waals surface area contributed by atoms with Crippen molar-refractivity contribution in [3.63, 3.8) is 0 Å². The smallest absolute Gasteiger partial charge is 0.232 e. The summed E-state index contributed by atoms with van der Waals surface area (Å²) in [6.45, 7) is 4.80. The fourth-order valence-electron chi connectivity index (χ4n) is 3.31. The molecule has 0 spiro atoms. The predicted molar refractivity (Wildman–Crippen MR) is 114 cm³/mol. The number of carbonyl (C=O) groups excluding carboxylic acids is 1. The standard InChI is InChI=1S/C18H27N3O2S.2ClH/c19-14-18(4-8-23-9-5-18)17(22)20-16-3-1-2-15(12-16)13-21-6-10-24-11-7-21;;/h1-3,12H,4-11,13-14,19H2,(H,20,22);2*1H. The number of hydrogen-bond donors (Lipinski definition) is 2. The average molecular weight is 422 g/mol. The van der Waals surface area contributed by atoms with E-state index in [4.69, 9.17) is 10.5 Å². The van der Waals surface area contributed by atoms with Gasteiger partial charge in [0.25, 0.3) is 0 Å². The van der Waals surface area contributed by atoms with Gasteiger partial charge >= 0.3 is 0 Å². The zero-order valence-electron chi connectivity index (χ0n) is 14.9. The first-order valence-corrected chi connectivity index (χ1v) is 9.86. The van der Waals surface area contributed by atoms with E-state index in [-0.39, 0.29) is 30.7 Å². The van der Waals surface area contributed by atoms with Crippen molar-refractivity contribution in [1.82, 2.24) is 4.90 Å². The molecule has 1 amide bonds. The van der Waals surface area contributed by atoms with Gasteiger partial charge in [-0.1, -0.05) is 12.1 Å². The second-order valence-corrected chi connectivity index (χ2v) is 7.86. The van der Waals surface area contributed by atoms with Crippen molar-refractivity contribution >= 4 is 48.2 Å². The lowest BCUT2D eigenvalue weighted by molar-refractivity contribution is -0.130. The molecule has 0 aromatic heterocycles. The van der Waals surface area contributed by atoms with E-state index >= 15 is 0 Å². The summed E-state index contributed by atoms with van der Waals surface area (Å²) in [5.74, 6) is 2.44. The fourth-order valence-corrected chi connectivity index (χ4v) is 4.29. The zero-order chi connectivity index (χ0) is 16.8. The van der Waals surface area contributed by atoms with Gasteiger partial charge in [0.1, 0.15) is 0 Å². The Morgan fingerprint density at radius 2 is 1.92 bits per heavy atom. The Bertz CT molecular complexity index is 565. The summed E-state index contributed by atoms with van der Waals surface area (Å²) < 4.78 is 5.39. The molecule has 2 fully saturated rings. The number of amides is 1. The van der Waals surface area contributed by atoms with Gasteiger partial charge < -0.3 is 15.8 Å². The lowest BCUT2D eigenvalue weighted by Crippen LogP contribution is -2.46. The van der Waals surface area contributed by atoms with Gasteiger partial charge in [0.05, 0.1) is 5.41 Å². The third-order valence-electron chi connectivity index (χ3n) is 5.02. The Morgan fingerprint density at radius 3 is 2.58 bits per heavy atom. The number of ether oxygens (including phenoxy) is 1. The Kier molecular flexibility index (Phi) is 10.3. The minimum Gasteiger partial charge on any atom is -0.381 e. The topological polar surface area (TPSA) is 67.6 Å². The first-order chi connectivity index (χ1) is 11.7. The molecular formula is C18H29Cl2N3O2S. The van der Waals surface area contributed by atoms with Gasteiger partial charge in [-0.15, -0.1) is 24.8 Å². The van der Waals surface area contributed by atoms with Crippen LogP contribution in [0.4, 0.5) is 5.69 Å². The molecule has 8 heteroatoms. The number of nitrogens with one attached hydrogen (secondary N) is 1. The van der Waals surface area contributed by atoms with E-state index in [1.54, 1.807) is 0 Å². The Labute approximate surface area is 172 Å². The van der Waals surface area contributed by atoms with Gasteiger partial charge in [0, 0.05) is 56.6 Å². The minimum atomic E-state index is -0.488. The number of nitrogens with two attached hydrogens (primary N) is 1. The zero-order valence-corrected chi connectivity index (χ0v) is 17.4. The van der Waals surface area contributed by atoms with E-state index < -0.39 is 5.41 Å². The van der Waals surface area contributed by atoms with Crippen molar-refractivity contribution in [2.45, 2.75) is 19.4 Å². The second-order valence-electron chi connectivity index (χ2n) is 6.64. The second kappa shape index (κ2) is 11.4. The van der Waals surface area contributed by atoms with E-state index in [0.29, 0.717) is 32.6 Å².